The first-order valence-electron chi connectivity index (χ1n) is 10.5. The van der Waals surface area contributed by atoms with E-state index in [9.17, 15) is 4.79 Å². The molecule has 8 heteroatoms. The van der Waals surface area contributed by atoms with Crippen molar-refractivity contribution in [3.63, 3.8) is 0 Å². The summed E-state index contributed by atoms with van der Waals surface area (Å²) in [7, 11) is 3.60. The summed E-state index contributed by atoms with van der Waals surface area (Å²) in [6.07, 6.45) is 4.42. The standard InChI is InChI=1S/C20H39N5O2.HI/c1-16(2)19(26)25-11-7-18(8-12-25)23-20(21-3)22-15-17-5-9-24(10-6-17)13-14-27-4;/h16-18H,5-15H2,1-4H3,(H2,21,22,23);1H. The molecule has 0 aromatic carbocycles. The fourth-order valence-corrected chi connectivity index (χ4v) is 3.87. The average Bonchev–Trinajstić information content (AvgIpc) is 2.70. The number of hydrogen-bond acceptors (Lipinski definition) is 4. The summed E-state index contributed by atoms with van der Waals surface area (Å²) in [5, 5.41) is 7.06. The van der Waals surface area contributed by atoms with Gasteiger partial charge in [-0.3, -0.25) is 9.79 Å². The van der Waals surface area contributed by atoms with Crippen molar-refractivity contribution in [2.45, 2.75) is 45.6 Å². The lowest BCUT2D eigenvalue weighted by atomic mass is 9.97. The van der Waals surface area contributed by atoms with Crippen molar-refractivity contribution < 1.29 is 9.53 Å². The number of nitrogens with one attached hydrogen (secondary N) is 2. The van der Waals surface area contributed by atoms with Crippen LogP contribution in [0.3, 0.4) is 0 Å². The van der Waals surface area contributed by atoms with E-state index in [1.165, 1.54) is 12.8 Å². The summed E-state index contributed by atoms with van der Waals surface area (Å²) in [4.78, 5) is 21.0. The molecule has 2 aliphatic heterocycles. The third-order valence-electron chi connectivity index (χ3n) is 5.74. The molecule has 1 amide bonds. The number of methoxy groups -OCH3 is 1. The van der Waals surface area contributed by atoms with Crippen LogP contribution in [0.25, 0.3) is 0 Å². The van der Waals surface area contributed by atoms with Crippen LogP contribution in [0.15, 0.2) is 4.99 Å². The van der Waals surface area contributed by atoms with E-state index in [1.807, 2.05) is 25.8 Å². The van der Waals surface area contributed by atoms with Crippen LogP contribution in [0.2, 0.25) is 0 Å². The number of piperidine rings is 2. The molecule has 164 valence electrons. The Kier molecular flexibility index (Phi) is 12.3. The normalized spacial score (nSPS) is 20.2. The molecule has 2 aliphatic rings. The number of ether oxygens (including phenoxy) is 1. The largest absolute Gasteiger partial charge is 0.383 e. The maximum absolute atomic E-state index is 12.1. The van der Waals surface area contributed by atoms with E-state index in [-0.39, 0.29) is 35.8 Å². The monoisotopic (exact) mass is 509 g/mol. The van der Waals surface area contributed by atoms with Crippen LogP contribution in [0.5, 0.6) is 0 Å². The summed E-state index contributed by atoms with van der Waals surface area (Å²) in [5.74, 6) is 1.95. The number of amides is 1. The van der Waals surface area contributed by atoms with Gasteiger partial charge in [0.25, 0.3) is 0 Å². The maximum atomic E-state index is 12.1. The fraction of sp³-hybridized carbons (Fsp3) is 0.900. The molecule has 0 spiro atoms. The van der Waals surface area contributed by atoms with Gasteiger partial charge >= 0.3 is 0 Å². The topological polar surface area (TPSA) is 69.2 Å². The van der Waals surface area contributed by atoms with E-state index in [1.54, 1.807) is 7.11 Å². The van der Waals surface area contributed by atoms with Crippen molar-refractivity contribution in [3.8, 4) is 0 Å². The molecule has 0 aromatic heterocycles. The molecule has 0 bridgehead atoms. The second-order valence-corrected chi connectivity index (χ2v) is 8.13. The van der Waals surface area contributed by atoms with Gasteiger partial charge in [0, 0.05) is 52.3 Å². The molecule has 0 saturated carbocycles. The van der Waals surface area contributed by atoms with Gasteiger partial charge in [-0.15, -0.1) is 24.0 Å². The molecule has 0 aromatic rings. The molecule has 2 N–H and O–H groups in total. The minimum absolute atomic E-state index is 0. The number of carbonyl (C=O) groups is 1. The number of hydrogen-bond donors (Lipinski definition) is 2. The van der Waals surface area contributed by atoms with Crippen molar-refractivity contribution in [1.82, 2.24) is 20.4 Å². The second-order valence-electron chi connectivity index (χ2n) is 8.13. The molecule has 2 heterocycles. The van der Waals surface area contributed by atoms with Crippen molar-refractivity contribution >= 4 is 35.8 Å². The van der Waals surface area contributed by atoms with Crippen molar-refractivity contribution in [1.29, 1.82) is 0 Å². The van der Waals surface area contributed by atoms with E-state index in [0.717, 1.165) is 64.7 Å². The fourth-order valence-electron chi connectivity index (χ4n) is 3.87. The van der Waals surface area contributed by atoms with E-state index >= 15 is 0 Å². The molecular weight excluding hydrogens is 469 g/mol. The van der Waals surface area contributed by atoms with E-state index in [0.29, 0.717) is 12.0 Å². The van der Waals surface area contributed by atoms with Gasteiger partial charge in [-0.05, 0) is 44.7 Å². The van der Waals surface area contributed by atoms with Gasteiger partial charge in [0.2, 0.25) is 5.91 Å². The zero-order chi connectivity index (χ0) is 19.6. The summed E-state index contributed by atoms with van der Waals surface area (Å²) < 4.78 is 5.17. The molecule has 0 aliphatic carbocycles. The molecular formula is C20H40IN5O2. The molecule has 0 unspecified atom stereocenters. The number of guanidine groups is 1. The molecule has 0 atom stereocenters. The molecule has 2 fully saturated rings. The van der Waals surface area contributed by atoms with E-state index in [2.05, 4.69) is 20.5 Å². The van der Waals surface area contributed by atoms with E-state index in [4.69, 9.17) is 4.74 Å². The van der Waals surface area contributed by atoms with Crippen LogP contribution in [0, 0.1) is 11.8 Å². The first kappa shape index (κ1) is 25.4. The quantitative estimate of drug-likeness (QED) is 0.311. The number of aliphatic imine (C=N–C) groups is 1. The Balaban J connectivity index is 0.00000392. The molecule has 2 rings (SSSR count). The van der Waals surface area contributed by atoms with Crippen molar-refractivity contribution in [3.05, 3.63) is 0 Å². The Morgan fingerprint density at radius 2 is 1.79 bits per heavy atom. The molecule has 28 heavy (non-hydrogen) atoms. The van der Waals surface area contributed by atoms with Gasteiger partial charge in [0.15, 0.2) is 5.96 Å². The summed E-state index contributed by atoms with van der Waals surface area (Å²) in [6.45, 7) is 10.8. The van der Waals surface area contributed by atoms with Gasteiger partial charge in [-0.1, -0.05) is 13.8 Å². The Morgan fingerprint density at radius 3 is 2.32 bits per heavy atom. The molecule has 0 radical (unpaired) electrons. The minimum Gasteiger partial charge on any atom is -0.383 e. The number of halogens is 1. The Bertz CT molecular complexity index is 473. The van der Waals surface area contributed by atoms with Crippen LogP contribution in [0.1, 0.15) is 39.5 Å². The first-order chi connectivity index (χ1) is 13.0. The van der Waals surface area contributed by atoms with Gasteiger partial charge in [-0.25, -0.2) is 0 Å². The maximum Gasteiger partial charge on any atom is 0.225 e. The summed E-state index contributed by atoms with van der Waals surface area (Å²) >= 11 is 0. The lowest BCUT2D eigenvalue weighted by Crippen LogP contribution is -2.51. The smallest absolute Gasteiger partial charge is 0.225 e. The zero-order valence-electron chi connectivity index (χ0n) is 18.1. The third-order valence-corrected chi connectivity index (χ3v) is 5.74. The Hall–Kier alpha value is -0.610. The van der Waals surface area contributed by atoms with Crippen LogP contribution < -0.4 is 10.6 Å². The van der Waals surface area contributed by atoms with E-state index < -0.39 is 0 Å². The highest BCUT2D eigenvalue weighted by Gasteiger charge is 2.25. The second kappa shape index (κ2) is 13.6. The molecule has 7 nitrogen and oxygen atoms in total. The highest BCUT2D eigenvalue weighted by atomic mass is 127. The zero-order valence-corrected chi connectivity index (χ0v) is 20.4. The lowest BCUT2D eigenvalue weighted by Gasteiger charge is -2.35. The van der Waals surface area contributed by atoms with Gasteiger partial charge in [-0.2, -0.15) is 0 Å². The van der Waals surface area contributed by atoms with Gasteiger partial charge in [0.1, 0.15) is 0 Å². The summed E-state index contributed by atoms with van der Waals surface area (Å²) in [6, 6.07) is 0.392. The van der Waals surface area contributed by atoms with Crippen molar-refractivity contribution in [2.75, 3.05) is 60.0 Å². The predicted molar refractivity (Wildman–Crippen MR) is 125 cm³/mol. The highest BCUT2D eigenvalue weighted by Crippen LogP contribution is 2.16. The van der Waals surface area contributed by atoms with Gasteiger partial charge < -0.3 is 25.2 Å². The third kappa shape index (κ3) is 8.41. The minimum atomic E-state index is 0. The average molecular weight is 509 g/mol. The van der Waals surface area contributed by atoms with Crippen LogP contribution in [-0.4, -0.2) is 87.7 Å². The predicted octanol–water partition coefficient (Wildman–Crippen LogP) is 1.77. The number of rotatable bonds is 7. The summed E-state index contributed by atoms with van der Waals surface area (Å²) in [5.41, 5.74) is 0. The van der Waals surface area contributed by atoms with Crippen LogP contribution in [0.4, 0.5) is 0 Å². The first-order valence-corrected chi connectivity index (χ1v) is 10.5. The Labute approximate surface area is 188 Å². The Morgan fingerprint density at radius 1 is 1.14 bits per heavy atom. The van der Waals surface area contributed by atoms with Crippen molar-refractivity contribution in [2.24, 2.45) is 16.8 Å². The van der Waals surface area contributed by atoms with Crippen LogP contribution in [-0.2, 0) is 9.53 Å². The molecule has 2 saturated heterocycles. The highest BCUT2D eigenvalue weighted by molar-refractivity contribution is 14.0. The SMILES string of the molecule is CN=C(NCC1CCN(CCOC)CC1)NC1CCN(C(=O)C(C)C)CC1.I. The van der Waals surface area contributed by atoms with Crippen LogP contribution >= 0.6 is 24.0 Å². The number of carbonyl (C=O) groups excluding carboxylic acids is 1. The number of nitrogens with zero attached hydrogens (tertiary/aromatic N) is 3. The lowest BCUT2D eigenvalue weighted by molar-refractivity contribution is -0.135. The number of likely N-dealkylation sites (tertiary alicyclic amines) is 2. The van der Waals surface area contributed by atoms with Gasteiger partial charge in [0.05, 0.1) is 6.61 Å².